The van der Waals surface area contributed by atoms with E-state index in [0.29, 0.717) is 21.9 Å². The van der Waals surface area contributed by atoms with Crippen molar-refractivity contribution in [3.8, 4) is 5.75 Å². The van der Waals surface area contributed by atoms with Gasteiger partial charge in [-0.2, -0.15) is 0 Å². The normalized spacial score (nSPS) is 11.6. The van der Waals surface area contributed by atoms with Crippen LogP contribution in [0.5, 0.6) is 5.75 Å². The van der Waals surface area contributed by atoms with Crippen molar-refractivity contribution in [3.63, 3.8) is 0 Å². The third kappa shape index (κ3) is 5.46. The maximum absolute atomic E-state index is 13.1. The van der Waals surface area contributed by atoms with Gasteiger partial charge in [0.25, 0.3) is 0 Å². The number of halogens is 1. The van der Waals surface area contributed by atoms with E-state index in [-0.39, 0.29) is 12.4 Å². The highest BCUT2D eigenvalue weighted by Gasteiger charge is 2.26. The molecule has 0 bridgehead atoms. The van der Waals surface area contributed by atoms with Crippen LogP contribution < -0.4 is 4.74 Å². The van der Waals surface area contributed by atoms with E-state index in [0.717, 1.165) is 11.1 Å². The highest BCUT2D eigenvalue weighted by molar-refractivity contribution is 6.32. The molecule has 29 heavy (non-hydrogen) atoms. The summed E-state index contributed by atoms with van der Waals surface area (Å²) in [5.41, 5.74) is 3.16. The third-order valence-electron chi connectivity index (χ3n) is 4.39. The number of carbonyl (C=O) groups is 2. The van der Waals surface area contributed by atoms with Crippen LogP contribution in [-0.4, -0.2) is 18.4 Å². The number of hydrogen-bond donors (Lipinski definition) is 0. The number of carbonyl (C=O) groups excluding carboxylic acids is 2. The molecule has 0 aliphatic rings. The molecule has 4 nitrogen and oxygen atoms in total. The molecule has 0 spiro atoms. The van der Waals surface area contributed by atoms with E-state index < -0.39 is 12.1 Å². The molecular formula is C24H21ClO4. The Morgan fingerprint density at radius 1 is 0.862 bits per heavy atom. The SMILES string of the molecule is Cc1ccc(C(=O)[C@H](OC(=O)COc2ccccc2Cl)c2ccc(C)cc2)cc1. The van der Waals surface area contributed by atoms with E-state index >= 15 is 0 Å². The first kappa shape index (κ1) is 20.6. The lowest BCUT2D eigenvalue weighted by atomic mass is 9.98. The van der Waals surface area contributed by atoms with Crippen LogP contribution in [0.15, 0.2) is 72.8 Å². The van der Waals surface area contributed by atoms with Crippen molar-refractivity contribution < 1.29 is 19.1 Å². The fourth-order valence-corrected chi connectivity index (χ4v) is 2.94. The molecule has 3 aromatic rings. The predicted molar refractivity (Wildman–Crippen MR) is 112 cm³/mol. The number of para-hydroxylation sites is 1. The van der Waals surface area contributed by atoms with E-state index in [1.165, 1.54) is 0 Å². The van der Waals surface area contributed by atoms with Crippen molar-refractivity contribution in [1.29, 1.82) is 0 Å². The molecule has 0 heterocycles. The summed E-state index contributed by atoms with van der Waals surface area (Å²) in [6.07, 6.45) is -1.05. The molecule has 3 aromatic carbocycles. The summed E-state index contributed by atoms with van der Waals surface area (Å²) in [6, 6.07) is 21.3. The molecule has 5 heteroatoms. The standard InChI is InChI=1S/C24H21ClO4/c1-16-7-11-18(12-8-16)23(27)24(19-13-9-17(2)10-14-19)29-22(26)15-28-21-6-4-3-5-20(21)25/h3-14,24H,15H2,1-2H3/t24-/m1/s1. The monoisotopic (exact) mass is 408 g/mol. The molecular weight excluding hydrogens is 388 g/mol. The highest BCUT2D eigenvalue weighted by atomic mass is 35.5. The largest absolute Gasteiger partial charge is 0.480 e. The topological polar surface area (TPSA) is 52.6 Å². The maximum atomic E-state index is 13.1. The van der Waals surface area contributed by atoms with Gasteiger partial charge in [-0.05, 0) is 26.0 Å². The second-order valence-corrected chi connectivity index (χ2v) is 7.14. The second-order valence-electron chi connectivity index (χ2n) is 6.73. The Balaban J connectivity index is 1.78. The van der Waals surface area contributed by atoms with Crippen molar-refractivity contribution in [1.82, 2.24) is 0 Å². The van der Waals surface area contributed by atoms with Gasteiger partial charge in [0.1, 0.15) is 5.75 Å². The average molecular weight is 409 g/mol. The van der Waals surface area contributed by atoms with Crippen LogP contribution in [0.4, 0.5) is 0 Å². The van der Waals surface area contributed by atoms with E-state index in [1.807, 2.05) is 38.1 Å². The predicted octanol–water partition coefficient (Wildman–Crippen LogP) is 5.50. The fourth-order valence-electron chi connectivity index (χ4n) is 2.75. The van der Waals surface area contributed by atoms with Gasteiger partial charge in [-0.1, -0.05) is 83.4 Å². The van der Waals surface area contributed by atoms with Crippen molar-refractivity contribution in [2.45, 2.75) is 20.0 Å². The molecule has 0 aliphatic heterocycles. The summed E-state index contributed by atoms with van der Waals surface area (Å²) in [7, 11) is 0. The van der Waals surface area contributed by atoms with Crippen LogP contribution in [0, 0.1) is 13.8 Å². The quantitative estimate of drug-likeness (QED) is 0.382. The van der Waals surface area contributed by atoms with Crippen LogP contribution >= 0.6 is 11.6 Å². The summed E-state index contributed by atoms with van der Waals surface area (Å²) in [4.78, 5) is 25.5. The Bertz CT molecular complexity index is 994. The number of benzene rings is 3. The Morgan fingerprint density at radius 3 is 2.07 bits per heavy atom. The first-order chi connectivity index (χ1) is 13.9. The summed E-state index contributed by atoms with van der Waals surface area (Å²) < 4.78 is 11.0. The van der Waals surface area contributed by atoms with Gasteiger partial charge in [0, 0.05) is 11.1 Å². The van der Waals surface area contributed by atoms with Gasteiger partial charge in [-0.3, -0.25) is 4.79 Å². The highest BCUT2D eigenvalue weighted by Crippen LogP contribution is 2.25. The number of aryl methyl sites for hydroxylation is 2. The molecule has 0 saturated carbocycles. The summed E-state index contributed by atoms with van der Waals surface area (Å²) in [5.74, 6) is -0.571. The molecule has 0 aromatic heterocycles. The molecule has 0 saturated heterocycles. The minimum absolute atomic E-state index is 0.292. The first-order valence-corrected chi connectivity index (χ1v) is 9.56. The number of ether oxygens (including phenoxy) is 2. The molecule has 0 N–H and O–H groups in total. The molecule has 148 valence electrons. The van der Waals surface area contributed by atoms with Crippen LogP contribution in [0.1, 0.15) is 33.2 Å². The second kappa shape index (κ2) is 9.39. The molecule has 0 radical (unpaired) electrons. The van der Waals surface area contributed by atoms with Gasteiger partial charge in [-0.25, -0.2) is 4.79 Å². The Morgan fingerprint density at radius 2 is 1.45 bits per heavy atom. The van der Waals surface area contributed by atoms with Gasteiger partial charge >= 0.3 is 5.97 Å². The zero-order valence-electron chi connectivity index (χ0n) is 16.2. The van der Waals surface area contributed by atoms with Crippen LogP contribution in [-0.2, 0) is 9.53 Å². The zero-order chi connectivity index (χ0) is 20.8. The Hall–Kier alpha value is -3.11. The van der Waals surface area contributed by atoms with Crippen LogP contribution in [0.3, 0.4) is 0 Å². The minimum Gasteiger partial charge on any atom is -0.480 e. The van der Waals surface area contributed by atoms with Crippen molar-refractivity contribution >= 4 is 23.4 Å². The number of Topliss-reactive ketones (excluding diaryl/α,β-unsaturated/α-hetero) is 1. The maximum Gasteiger partial charge on any atom is 0.345 e. The molecule has 0 unspecified atom stereocenters. The van der Waals surface area contributed by atoms with E-state index in [1.54, 1.807) is 48.5 Å². The average Bonchev–Trinajstić information content (AvgIpc) is 2.72. The molecule has 0 fully saturated rings. The molecule has 3 rings (SSSR count). The number of esters is 1. The first-order valence-electron chi connectivity index (χ1n) is 9.18. The molecule has 0 amide bonds. The lowest BCUT2D eigenvalue weighted by Gasteiger charge is -2.18. The third-order valence-corrected chi connectivity index (χ3v) is 4.70. The van der Waals surface area contributed by atoms with Crippen molar-refractivity contribution in [3.05, 3.63) is 100 Å². The number of rotatable bonds is 7. The zero-order valence-corrected chi connectivity index (χ0v) is 17.0. The Kier molecular flexibility index (Phi) is 6.68. The smallest absolute Gasteiger partial charge is 0.345 e. The number of ketones is 1. The summed E-state index contributed by atoms with van der Waals surface area (Å²) in [6.45, 7) is 3.54. The fraction of sp³-hybridized carbons (Fsp3) is 0.167. The minimum atomic E-state index is -1.05. The summed E-state index contributed by atoms with van der Waals surface area (Å²) >= 11 is 6.04. The van der Waals surface area contributed by atoms with E-state index in [2.05, 4.69) is 0 Å². The Labute approximate surface area is 175 Å². The van der Waals surface area contributed by atoms with Crippen molar-refractivity contribution in [2.24, 2.45) is 0 Å². The van der Waals surface area contributed by atoms with Gasteiger partial charge in [0.15, 0.2) is 12.7 Å². The van der Waals surface area contributed by atoms with E-state index in [4.69, 9.17) is 21.1 Å². The van der Waals surface area contributed by atoms with Gasteiger partial charge in [-0.15, -0.1) is 0 Å². The molecule has 1 atom stereocenters. The van der Waals surface area contributed by atoms with Gasteiger partial charge < -0.3 is 9.47 Å². The van der Waals surface area contributed by atoms with Gasteiger partial charge in [0.05, 0.1) is 5.02 Å². The summed E-state index contributed by atoms with van der Waals surface area (Å²) in [5, 5.41) is 0.395. The lowest BCUT2D eigenvalue weighted by Crippen LogP contribution is -2.23. The number of hydrogen-bond acceptors (Lipinski definition) is 4. The van der Waals surface area contributed by atoms with E-state index in [9.17, 15) is 9.59 Å². The lowest BCUT2D eigenvalue weighted by molar-refractivity contribution is -0.149. The van der Waals surface area contributed by atoms with Gasteiger partial charge in [0.2, 0.25) is 5.78 Å². The van der Waals surface area contributed by atoms with Crippen LogP contribution in [0.25, 0.3) is 0 Å². The van der Waals surface area contributed by atoms with Crippen molar-refractivity contribution in [2.75, 3.05) is 6.61 Å². The molecule has 0 aliphatic carbocycles. The van der Waals surface area contributed by atoms with Crippen LogP contribution in [0.2, 0.25) is 5.02 Å².